The minimum absolute atomic E-state index is 0. The van der Waals surface area contributed by atoms with Gasteiger partial charge < -0.3 is 14.0 Å². The van der Waals surface area contributed by atoms with E-state index in [2.05, 4.69) is 184 Å². The Morgan fingerprint density at radius 3 is 1.97 bits per heavy atom. The molecule has 0 bridgehead atoms. The van der Waals surface area contributed by atoms with E-state index in [1.807, 2.05) is 24.3 Å². The fourth-order valence-electron chi connectivity index (χ4n) is 9.98. The zero-order chi connectivity index (χ0) is 51.2. The monoisotopic (exact) mass is 1130 g/mol. The number of nitrogens with zero attached hydrogens (tertiary/aromatic N) is 4. The topological polar surface area (TPSA) is 69.3 Å². The second kappa shape index (κ2) is 18.4. The molecule has 0 unspecified atom stereocenters. The molecule has 1 radical (unpaired) electrons. The number of benzene rings is 7. The van der Waals surface area contributed by atoms with E-state index in [1.54, 1.807) is 18.2 Å². The molecule has 9 heteroatoms. The molecule has 353 valence electrons. The van der Waals surface area contributed by atoms with Gasteiger partial charge in [-0.2, -0.15) is 0 Å². The van der Waals surface area contributed by atoms with Crippen LogP contribution in [0.25, 0.3) is 88.2 Å². The van der Waals surface area contributed by atoms with Crippen LogP contribution in [0, 0.1) is 19.0 Å². The van der Waals surface area contributed by atoms with Gasteiger partial charge in [-0.05, 0) is 80.7 Å². The number of pyridine rings is 3. The van der Waals surface area contributed by atoms with E-state index in [1.165, 1.54) is 17.3 Å². The number of fused-ring (bicyclic) bond motifs is 7. The minimum atomic E-state index is -2.09. The SMILES string of the molecule is CC(C)c1cccc(C(C)C)c1-n1c(-c2[c-]cc3c(=O)c4cc([Si](C)(C)C)cc5c(=O)c6c([Si](C)(C)C)cccc6n(c3c2)c45)nc2ccc3ccccc3c21.[2H]C([2H])([2H])c1ccc(-c2[c-]cccc2)nc1.[Ir]. The van der Waals surface area contributed by atoms with E-state index in [0.717, 1.165) is 76.9 Å². The summed E-state index contributed by atoms with van der Waals surface area (Å²) in [5.41, 5.74) is 10.5. The van der Waals surface area contributed by atoms with Crippen LogP contribution in [0.4, 0.5) is 0 Å². The molecular weight excluding hydrogens is 1070 g/mol. The number of rotatable bonds is 7. The van der Waals surface area contributed by atoms with Crippen LogP contribution in [0.1, 0.15) is 60.3 Å². The van der Waals surface area contributed by atoms with E-state index in [9.17, 15) is 9.59 Å². The molecule has 0 spiro atoms. The number of hydrogen-bond acceptors (Lipinski definition) is 4. The van der Waals surface area contributed by atoms with Crippen LogP contribution >= 0.6 is 0 Å². The number of para-hydroxylation sites is 1. The summed E-state index contributed by atoms with van der Waals surface area (Å²) >= 11 is 0. The Bertz CT molecular complexity index is 4020. The number of imidazole rings is 1. The van der Waals surface area contributed by atoms with Crippen LogP contribution in [0.3, 0.4) is 0 Å². The average molecular weight is 1130 g/mol. The predicted octanol–water partition coefficient (Wildman–Crippen LogP) is 13.7. The summed E-state index contributed by atoms with van der Waals surface area (Å²) in [6.45, 7) is 20.6. The summed E-state index contributed by atoms with van der Waals surface area (Å²) in [5, 5.41) is 7.08. The average Bonchev–Trinajstić information content (AvgIpc) is 3.75. The first-order chi connectivity index (χ1) is 34.1. The maximum Gasteiger partial charge on any atom is 0.197 e. The van der Waals surface area contributed by atoms with Gasteiger partial charge in [0.1, 0.15) is 0 Å². The van der Waals surface area contributed by atoms with E-state index in [-0.39, 0.29) is 48.4 Å². The second-order valence-corrected chi connectivity index (χ2v) is 31.1. The quantitative estimate of drug-likeness (QED) is 0.0690. The minimum Gasteiger partial charge on any atom is -0.332 e. The fraction of sp³-hybridized carbons (Fsp3) is 0.213. The number of aromatic nitrogens is 4. The van der Waals surface area contributed by atoms with Crippen LogP contribution in [0.15, 0.2) is 149 Å². The first kappa shape index (κ1) is 44.8. The van der Waals surface area contributed by atoms with Crippen molar-refractivity contribution in [2.45, 2.75) is 85.7 Å². The molecule has 0 aliphatic rings. The Morgan fingerprint density at radius 1 is 0.629 bits per heavy atom. The summed E-state index contributed by atoms with van der Waals surface area (Å²) in [6, 6.07) is 51.2. The van der Waals surface area contributed by atoms with Crippen molar-refractivity contribution in [2.24, 2.45) is 0 Å². The fourth-order valence-corrected chi connectivity index (χ4v) is 12.7. The zero-order valence-corrected chi connectivity index (χ0v) is 45.8. The summed E-state index contributed by atoms with van der Waals surface area (Å²) in [5.74, 6) is 1.28. The van der Waals surface area contributed by atoms with Crippen LogP contribution in [-0.4, -0.2) is 35.1 Å². The van der Waals surface area contributed by atoms with Gasteiger partial charge in [0.25, 0.3) is 0 Å². The van der Waals surface area contributed by atoms with Gasteiger partial charge in [0.05, 0.1) is 44.0 Å². The molecule has 0 amide bonds. The van der Waals surface area contributed by atoms with Crippen molar-refractivity contribution >= 4 is 86.4 Å². The van der Waals surface area contributed by atoms with E-state index in [0.29, 0.717) is 21.7 Å². The molecule has 4 aromatic heterocycles. The molecule has 7 aromatic carbocycles. The summed E-state index contributed by atoms with van der Waals surface area (Å²) in [6.07, 6.45) is 1.39. The van der Waals surface area contributed by atoms with Crippen molar-refractivity contribution in [1.29, 1.82) is 0 Å². The molecule has 0 saturated heterocycles. The molecule has 0 atom stereocenters. The van der Waals surface area contributed by atoms with Crippen LogP contribution in [0.5, 0.6) is 0 Å². The van der Waals surface area contributed by atoms with Gasteiger partial charge in [0.15, 0.2) is 10.9 Å². The third kappa shape index (κ3) is 8.36. The Hall–Kier alpha value is -6.36. The van der Waals surface area contributed by atoms with Gasteiger partial charge in [0.2, 0.25) is 0 Å². The summed E-state index contributed by atoms with van der Waals surface area (Å²) in [4.78, 5) is 39.2. The van der Waals surface area contributed by atoms with Gasteiger partial charge in [-0.1, -0.05) is 151 Å². The van der Waals surface area contributed by atoms with Crippen LogP contribution in [-0.2, 0) is 20.1 Å². The molecule has 70 heavy (non-hydrogen) atoms. The maximum absolute atomic E-state index is 14.9. The Balaban J connectivity index is 0.000000329. The third-order valence-electron chi connectivity index (χ3n) is 13.5. The van der Waals surface area contributed by atoms with Gasteiger partial charge in [-0.25, -0.2) is 0 Å². The summed E-state index contributed by atoms with van der Waals surface area (Å²) < 4.78 is 26.3. The molecule has 0 aliphatic heterocycles. The van der Waals surface area contributed by atoms with Crippen molar-refractivity contribution in [3.63, 3.8) is 0 Å². The first-order valence-electron chi connectivity index (χ1n) is 25.4. The molecule has 0 aliphatic carbocycles. The van der Waals surface area contributed by atoms with Crippen molar-refractivity contribution in [1.82, 2.24) is 18.9 Å². The Kier molecular flexibility index (Phi) is 11.8. The first-order valence-corrected chi connectivity index (χ1v) is 30.9. The number of hydrogen-bond donors (Lipinski definition) is 0. The molecule has 0 N–H and O–H groups in total. The van der Waals surface area contributed by atoms with Gasteiger partial charge >= 0.3 is 0 Å². The predicted molar refractivity (Wildman–Crippen MR) is 297 cm³/mol. The van der Waals surface area contributed by atoms with E-state index >= 15 is 0 Å². The molecule has 6 nitrogen and oxygen atoms in total. The van der Waals surface area contributed by atoms with Crippen molar-refractivity contribution in [3.8, 4) is 28.3 Å². The third-order valence-corrected chi connectivity index (χ3v) is 17.6. The van der Waals surface area contributed by atoms with Crippen LogP contribution in [0.2, 0.25) is 39.3 Å². The normalized spacial score (nSPS) is 13.0. The van der Waals surface area contributed by atoms with E-state index < -0.39 is 23.0 Å². The maximum atomic E-state index is 14.9. The Labute approximate surface area is 430 Å². The zero-order valence-electron chi connectivity index (χ0n) is 44.4. The number of aryl methyl sites for hydroxylation is 1. The summed E-state index contributed by atoms with van der Waals surface area (Å²) in [7, 11) is -3.89. The smallest absolute Gasteiger partial charge is 0.197 e. The molecule has 11 aromatic rings. The van der Waals surface area contributed by atoms with E-state index in [4.69, 9.17) is 9.10 Å². The molecule has 4 heterocycles. The van der Waals surface area contributed by atoms with Crippen LogP contribution < -0.4 is 21.2 Å². The Morgan fingerprint density at radius 2 is 1.33 bits per heavy atom. The largest absolute Gasteiger partial charge is 0.332 e. The molecular formula is C61H58IrN4O2Si2-2. The molecule has 11 rings (SSSR count). The van der Waals surface area contributed by atoms with Gasteiger partial charge in [-0.15, -0.1) is 59.7 Å². The van der Waals surface area contributed by atoms with Gasteiger partial charge in [0, 0.05) is 57.6 Å². The van der Waals surface area contributed by atoms with Crippen molar-refractivity contribution in [2.75, 3.05) is 0 Å². The van der Waals surface area contributed by atoms with Crippen molar-refractivity contribution < 1.29 is 24.2 Å². The van der Waals surface area contributed by atoms with Crippen molar-refractivity contribution in [3.05, 3.63) is 189 Å². The molecule has 0 fully saturated rings. The van der Waals surface area contributed by atoms with Gasteiger partial charge in [-0.3, -0.25) is 14.6 Å². The standard InChI is InChI=1S/C49H48N3O2Si2.C12H10N.Ir/c1-28(2)33-17-13-18-34(29(3)4)44(33)52-46-35-16-12-11-15-30(35)22-24-39(46)50-49(52)31-21-23-36-41(25-31)51-40-19-14-20-42(56(8,9)10)43(40)48(54)38-27-32(55(5,6)7)26-37(45(38)51)47(36)53;1-10-7-8-12(13-9-10)11-5-3-2-4-6-11;/h11-20,22-29H,1-10H3;2-5,7-9H,1H3;/q2*-1;/i;1D3;. The second-order valence-electron chi connectivity index (χ2n) is 21.0. The molecule has 0 saturated carbocycles.